The summed E-state index contributed by atoms with van der Waals surface area (Å²) in [6.07, 6.45) is 3.74. The molecular formula is C16H25Cl2N5O. The SMILES string of the molecule is Cc1nc2c(cnn2C(C)C)cc1C(=O)NC1CCNCC1.Cl.Cl. The maximum absolute atomic E-state index is 12.5. The fraction of sp³-hybridized carbons (Fsp3) is 0.562. The molecule has 2 aromatic heterocycles. The Morgan fingerprint density at radius 2 is 2.00 bits per heavy atom. The molecule has 134 valence electrons. The summed E-state index contributed by atoms with van der Waals surface area (Å²) in [4.78, 5) is 17.1. The van der Waals surface area contributed by atoms with Crippen LogP contribution >= 0.6 is 24.8 Å². The van der Waals surface area contributed by atoms with E-state index in [1.165, 1.54) is 0 Å². The number of pyridine rings is 1. The third-order valence-electron chi connectivity index (χ3n) is 4.17. The van der Waals surface area contributed by atoms with Crippen molar-refractivity contribution in [2.75, 3.05) is 13.1 Å². The average Bonchev–Trinajstić information content (AvgIpc) is 2.90. The monoisotopic (exact) mass is 373 g/mol. The lowest BCUT2D eigenvalue weighted by Gasteiger charge is -2.23. The van der Waals surface area contributed by atoms with Crippen LogP contribution in [0.1, 0.15) is 48.8 Å². The Labute approximate surface area is 154 Å². The molecule has 0 aliphatic carbocycles. The van der Waals surface area contributed by atoms with Crippen LogP contribution in [0.5, 0.6) is 0 Å². The van der Waals surface area contributed by atoms with E-state index in [-0.39, 0.29) is 42.8 Å². The summed E-state index contributed by atoms with van der Waals surface area (Å²) < 4.78 is 1.89. The van der Waals surface area contributed by atoms with Crippen LogP contribution in [0.2, 0.25) is 0 Å². The summed E-state index contributed by atoms with van der Waals surface area (Å²) in [7, 11) is 0. The Balaban J connectivity index is 0.00000144. The second-order valence-electron chi connectivity index (χ2n) is 6.21. The molecule has 3 heterocycles. The van der Waals surface area contributed by atoms with Gasteiger partial charge in [0.25, 0.3) is 5.91 Å². The van der Waals surface area contributed by atoms with Gasteiger partial charge in [-0.2, -0.15) is 5.10 Å². The number of piperidine rings is 1. The molecule has 3 rings (SSSR count). The molecule has 0 unspecified atom stereocenters. The van der Waals surface area contributed by atoms with Gasteiger partial charge in [0, 0.05) is 17.5 Å². The molecule has 1 fully saturated rings. The first-order valence-electron chi connectivity index (χ1n) is 7.92. The number of aromatic nitrogens is 3. The molecule has 1 aliphatic heterocycles. The third kappa shape index (κ3) is 4.18. The van der Waals surface area contributed by atoms with Gasteiger partial charge < -0.3 is 10.6 Å². The predicted octanol–water partition coefficient (Wildman–Crippen LogP) is 2.65. The van der Waals surface area contributed by atoms with Crippen LogP contribution in [-0.4, -0.2) is 39.8 Å². The Kier molecular flexibility index (Phi) is 7.45. The van der Waals surface area contributed by atoms with Crippen molar-refractivity contribution in [2.45, 2.75) is 45.7 Å². The van der Waals surface area contributed by atoms with Gasteiger partial charge in [-0.25, -0.2) is 9.67 Å². The number of nitrogens with zero attached hydrogens (tertiary/aromatic N) is 3. The van der Waals surface area contributed by atoms with Gasteiger partial charge in [0.2, 0.25) is 0 Å². The summed E-state index contributed by atoms with van der Waals surface area (Å²) in [5, 5.41) is 11.7. The van der Waals surface area contributed by atoms with Crippen molar-refractivity contribution >= 4 is 41.8 Å². The number of halogens is 2. The van der Waals surface area contributed by atoms with Gasteiger partial charge in [-0.1, -0.05) is 0 Å². The van der Waals surface area contributed by atoms with Gasteiger partial charge in [0.15, 0.2) is 5.65 Å². The normalized spacial score (nSPS) is 15.0. The third-order valence-corrected chi connectivity index (χ3v) is 4.17. The van der Waals surface area contributed by atoms with Gasteiger partial charge in [-0.15, -0.1) is 24.8 Å². The molecule has 1 aliphatic rings. The summed E-state index contributed by atoms with van der Waals surface area (Å²) in [5.74, 6) is -0.0314. The molecular weight excluding hydrogens is 349 g/mol. The molecule has 2 aromatic rings. The summed E-state index contributed by atoms with van der Waals surface area (Å²) in [6, 6.07) is 2.40. The molecule has 0 radical (unpaired) electrons. The first-order valence-corrected chi connectivity index (χ1v) is 7.92. The Bertz CT molecular complexity index is 695. The molecule has 6 nitrogen and oxygen atoms in total. The molecule has 1 saturated heterocycles. The molecule has 2 N–H and O–H groups in total. The zero-order chi connectivity index (χ0) is 15.7. The molecule has 8 heteroatoms. The van der Waals surface area contributed by atoms with Crippen molar-refractivity contribution in [3.05, 3.63) is 23.5 Å². The smallest absolute Gasteiger partial charge is 0.253 e. The fourth-order valence-electron chi connectivity index (χ4n) is 2.90. The molecule has 0 saturated carbocycles. The minimum atomic E-state index is -0.0314. The van der Waals surface area contributed by atoms with Crippen LogP contribution in [0.4, 0.5) is 0 Å². The number of aryl methyl sites for hydroxylation is 1. The van der Waals surface area contributed by atoms with Crippen LogP contribution in [0.15, 0.2) is 12.3 Å². The summed E-state index contributed by atoms with van der Waals surface area (Å²) in [5.41, 5.74) is 2.24. The standard InChI is InChI=1S/C16H23N5O.2ClH/c1-10(2)21-15-12(9-18-21)8-14(11(3)19-15)16(22)20-13-4-6-17-7-5-13;;/h8-10,13,17H,4-7H2,1-3H3,(H,20,22);2*1H. The summed E-state index contributed by atoms with van der Waals surface area (Å²) >= 11 is 0. The molecule has 0 atom stereocenters. The van der Waals surface area contributed by atoms with Crippen molar-refractivity contribution in [1.82, 2.24) is 25.4 Å². The lowest BCUT2D eigenvalue weighted by molar-refractivity contribution is 0.0928. The van der Waals surface area contributed by atoms with Gasteiger partial charge in [-0.3, -0.25) is 4.79 Å². The lowest BCUT2D eigenvalue weighted by Crippen LogP contribution is -2.42. The maximum atomic E-state index is 12.5. The van der Waals surface area contributed by atoms with Gasteiger partial charge >= 0.3 is 0 Å². The van der Waals surface area contributed by atoms with Gasteiger partial charge in [0.05, 0.1) is 17.5 Å². The number of rotatable bonds is 3. The quantitative estimate of drug-likeness (QED) is 0.867. The number of amides is 1. The van der Waals surface area contributed by atoms with E-state index in [1.54, 1.807) is 6.20 Å². The molecule has 0 spiro atoms. The highest BCUT2D eigenvalue weighted by molar-refractivity contribution is 5.98. The van der Waals surface area contributed by atoms with Crippen LogP contribution < -0.4 is 10.6 Å². The maximum Gasteiger partial charge on any atom is 0.253 e. The highest BCUT2D eigenvalue weighted by atomic mass is 35.5. The molecule has 0 bridgehead atoms. The van der Waals surface area contributed by atoms with Crippen molar-refractivity contribution < 1.29 is 4.79 Å². The van der Waals surface area contributed by atoms with Crippen LogP contribution in [0.3, 0.4) is 0 Å². The number of hydrogen-bond donors (Lipinski definition) is 2. The molecule has 1 amide bonds. The van der Waals surface area contributed by atoms with E-state index in [0.29, 0.717) is 5.56 Å². The fourth-order valence-corrected chi connectivity index (χ4v) is 2.90. The number of hydrogen-bond acceptors (Lipinski definition) is 4. The average molecular weight is 374 g/mol. The van der Waals surface area contributed by atoms with Crippen LogP contribution in [-0.2, 0) is 0 Å². The first kappa shape index (κ1) is 20.7. The zero-order valence-corrected chi connectivity index (χ0v) is 15.8. The number of fused-ring (bicyclic) bond motifs is 1. The van der Waals surface area contributed by atoms with E-state index >= 15 is 0 Å². The number of carbonyl (C=O) groups is 1. The van der Waals surface area contributed by atoms with Crippen molar-refractivity contribution in [1.29, 1.82) is 0 Å². The predicted molar refractivity (Wildman–Crippen MR) is 101 cm³/mol. The largest absolute Gasteiger partial charge is 0.349 e. The van der Waals surface area contributed by atoms with E-state index in [2.05, 4.69) is 34.6 Å². The number of nitrogens with one attached hydrogen (secondary N) is 2. The van der Waals surface area contributed by atoms with E-state index in [4.69, 9.17) is 0 Å². The van der Waals surface area contributed by atoms with Crippen LogP contribution in [0, 0.1) is 6.92 Å². The van der Waals surface area contributed by atoms with E-state index in [1.807, 2.05) is 17.7 Å². The summed E-state index contributed by atoms with van der Waals surface area (Å²) in [6.45, 7) is 7.95. The van der Waals surface area contributed by atoms with Gasteiger partial charge in [-0.05, 0) is 52.8 Å². The number of carbonyl (C=O) groups excluding carboxylic acids is 1. The lowest BCUT2D eigenvalue weighted by atomic mass is 10.1. The first-order chi connectivity index (χ1) is 10.6. The highest BCUT2D eigenvalue weighted by Gasteiger charge is 2.19. The second kappa shape index (κ2) is 8.65. The van der Waals surface area contributed by atoms with Gasteiger partial charge in [0.1, 0.15) is 0 Å². The van der Waals surface area contributed by atoms with Crippen molar-refractivity contribution in [3.63, 3.8) is 0 Å². The molecule has 24 heavy (non-hydrogen) atoms. The Hall–Kier alpha value is -1.37. The highest BCUT2D eigenvalue weighted by Crippen LogP contribution is 2.19. The van der Waals surface area contributed by atoms with Crippen molar-refractivity contribution in [2.24, 2.45) is 0 Å². The van der Waals surface area contributed by atoms with E-state index < -0.39 is 0 Å². The molecule has 0 aromatic carbocycles. The topological polar surface area (TPSA) is 71.8 Å². The Morgan fingerprint density at radius 3 is 2.62 bits per heavy atom. The van der Waals surface area contributed by atoms with E-state index in [9.17, 15) is 4.79 Å². The van der Waals surface area contributed by atoms with E-state index in [0.717, 1.165) is 42.7 Å². The van der Waals surface area contributed by atoms with Crippen molar-refractivity contribution in [3.8, 4) is 0 Å². The second-order valence-corrected chi connectivity index (χ2v) is 6.21. The van der Waals surface area contributed by atoms with Crippen LogP contribution in [0.25, 0.3) is 11.0 Å². The Morgan fingerprint density at radius 1 is 1.33 bits per heavy atom. The minimum Gasteiger partial charge on any atom is -0.349 e. The zero-order valence-electron chi connectivity index (χ0n) is 14.2. The minimum absolute atomic E-state index is 0.